The number of nitrogens with zero attached hydrogens (tertiary/aromatic N) is 2. The molecule has 2 aromatic heterocycles. The summed E-state index contributed by atoms with van der Waals surface area (Å²) in [6.45, 7) is 0.776. The average molecular weight is 415 g/mol. The van der Waals surface area contributed by atoms with Crippen LogP contribution in [0.1, 0.15) is 28.2 Å². The molecule has 1 amide bonds. The Morgan fingerprint density at radius 1 is 1.16 bits per heavy atom. The number of amides is 1. The van der Waals surface area contributed by atoms with E-state index in [9.17, 15) is 4.79 Å². The van der Waals surface area contributed by atoms with Crippen LogP contribution in [0.25, 0.3) is 23.1 Å². The molecule has 4 aromatic rings. The summed E-state index contributed by atoms with van der Waals surface area (Å²) in [5, 5.41) is 23.8. The molecular formula is C24H25N5O2. The van der Waals surface area contributed by atoms with Crippen LogP contribution in [0.15, 0.2) is 60.8 Å². The van der Waals surface area contributed by atoms with Gasteiger partial charge in [0.15, 0.2) is 0 Å². The lowest BCUT2D eigenvalue weighted by Gasteiger charge is -2.13. The van der Waals surface area contributed by atoms with Crippen molar-refractivity contribution in [3.63, 3.8) is 0 Å². The summed E-state index contributed by atoms with van der Waals surface area (Å²) in [6.07, 6.45) is 6.37. The van der Waals surface area contributed by atoms with Crippen molar-refractivity contribution in [3.05, 3.63) is 77.7 Å². The molecule has 4 rings (SSSR count). The first-order valence-electron chi connectivity index (χ1n) is 10.2. The lowest BCUT2D eigenvalue weighted by molar-refractivity contribution is 0.101. The molecule has 2 aromatic carbocycles. The number of H-pyrrole nitrogens is 1. The first-order chi connectivity index (χ1) is 15.2. The smallest absolute Gasteiger partial charge is 0.272 e. The molecular weight excluding hydrogens is 390 g/mol. The van der Waals surface area contributed by atoms with Gasteiger partial charge in [-0.1, -0.05) is 30.3 Å². The predicted octanol–water partition coefficient (Wildman–Crippen LogP) is 4.12. The molecule has 158 valence electrons. The maximum Gasteiger partial charge on any atom is 0.272 e. The fraction of sp³-hybridized carbons (Fsp3) is 0.167. The van der Waals surface area contributed by atoms with Gasteiger partial charge in [-0.15, -0.1) is 0 Å². The van der Waals surface area contributed by atoms with E-state index in [0.717, 1.165) is 27.8 Å². The Balaban J connectivity index is 1.63. The molecule has 0 spiro atoms. The van der Waals surface area contributed by atoms with Crippen LogP contribution in [-0.2, 0) is 7.05 Å². The van der Waals surface area contributed by atoms with E-state index in [4.69, 9.17) is 5.11 Å². The largest absolute Gasteiger partial charge is 0.396 e. The van der Waals surface area contributed by atoms with Crippen molar-refractivity contribution in [2.75, 3.05) is 23.8 Å². The van der Waals surface area contributed by atoms with Crippen molar-refractivity contribution < 1.29 is 9.90 Å². The van der Waals surface area contributed by atoms with Gasteiger partial charge in [0.2, 0.25) is 0 Å². The van der Waals surface area contributed by atoms with Crippen LogP contribution < -0.4 is 10.6 Å². The molecule has 0 fully saturated rings. The Hall–Kier alpha value is -3.84. The van der Waals surface area contributed by atoms with E-state index in [1.807, 2.05) is 73.9 Å². The van der Waals surface area contributed by atoms with Crippen molar-refractivity contribution in [2.45, 2.75) is 6.42 Å². The van der Waals surface area contributed by atoms with E-state index in [1.54, 1.807) is 10.6 Å². The number of aromatic nitrogens is 3. The van der Waals surface area contributed by atoms with E-state index in [0.29, 0.717) is 24.3 Å². The minimum absolute atomic E-state index is 0.128. The molecule has 0 bridgehead atoms. The van der Waals surface area contributed by atoms with Crippen LogP contribution in [0.2, 0.25) is 0 Å². The van der Waals surface area contributed by atoms with E-state index in [2.05, 4.69) is 20.8 Å². The van der Waals surface area contributed by atoms with Crippen LogP contribution >= 0.6 is 0 Å². The molecule has 7 heteroatoms. The third-order valence-corrected chi connectivity index (χ3v) is 5.06. The lowest BCUT2D eigenvalue weighted by Crippen LogP contribution is -2.16. The molecule has 0 saturated heterocycles. The second-order valence-corrected chi connectivity index (χ2v) is 7.25. The van der Waals surface area contributed by atoms with Gasteiger partial charge >= 0.3 is 0 Å². The number of benzene rings is 2. The van der Waals surface area contributed by atoms with Gasteiger partial charge in [0.1, 0.15) is 5.69 Å². The SMILES string of the molecule is Cn1cccc1C(=O)Nc1cc(NCCCO)ccc1/C=C/c1n[nH]c2ccccc12. The molecule has 2 heterocycles. The summed E-state index contributed by atoms with van der Waals surface area (Å²) in [6, 6.07) is 17.4. The maximum atomic E-state index is 12.8. The third kappa shape index (κ3) is 4.67. The average Bonchev–Trinajstić information content (AvgIpc) is 3.39. The van der Waals surface area contributed by atoms with Gasteiger partial charge in [-0.3, -0.25) is 9.89 Å². The highest BCUT2D eigenvalue weighted by Crippen LogP contribution is 2.25. The normalized spacial score (nSPS) is 11.3. The number of carbonyl (C=O) groups is 1. The molecule has 0 aliphatic rings. The van der Waals surface area contributed by atoms with Crippen molar-refractivity contribution in [1.29, 1.82) is 0 Å². The first kappa shape index (κ1) is 20.4. The highest BCUT2D eigenvalue weighted by Gasteiger charge is 2.12. The number of carbonyl (C=O) groups excluding carboxylic acids is 1. The number of para-hydroxylation sites is 1. The molecule has 0 radical (unpaired) electrons. The lowest BCUT2D eigenvalue weighted by atomic mass is 10.1. The standard InChI is InChI=1S/C24H25N5O2/c1-29-14-4-8-23(29)24(31)26-22-16-18(25-13-5-15-30)11-9-17(22)10-12-21-19-6-2-3-7-20(19)27-28-21/h2-4,6-12,14,16,25,30H,5,13,15H2,1H3,(H,26,31)(H,27,28)/b12-10+. The Bertz CT molecular complexity index is 1220. The van der Waals surface area contributed by atoms with Crippen LogP contribution in [0.5, 0.6) is 0 Å². The number of hydrogen-bond donors (Lipinski definition) is 4. The number of hydrogen-bond acceptors (Lipinski definition) is 4. The van der Waals surface area contributed by atoms with Gasteiger partial charge in [-0.2, -0.15) is 5.10 Å². The van der Waals surface area contributed by atoms with Crippen molar-refractivity contribution in [3.8, 4) is 0 Å². The summed E-state index contributed by atoms with van der Waals surface area (Å²) in [5.41, 5.74) is 4.81. The van der Waals surface area contributed by atoms with Gasteiger partial charge in [0.05, 0.1) is 16.9 Å². The molecule has 7 nitrogen and oxygen atoms in total. The predicted molar refractivity (Wildman–Crippen MR) is 125 cm³/mol. The molecule has 0 atom stereocenters. The zero-order valence-corrected chi connectivity index (χ0v) is 17.3. The second-order valence-electron chi connectivity index (χ2n) is 7.25. The molecule has 0 aliphatic carbocycles. The topological polar surface area (TPSA) is 95.0 Å². The summed E-state index contributed by atoms with van der Waals surface area (Å²) < 4.78 is 1.78. The van der Waals surface area contributed by atoms with E-state index in [-0.39, 0.29) is 12.5 Å². The Morgan fingerprint density at radius 2 is 2.03 bits per heavy atom. The van der Waals surface area contributed by atoms with E-state index >= 15 is 0 Å². The Labute approximate surface area is 180 Å². The fourth-order valence-electron chi connectivity index (χ4n) is 3.40. The second kappa shape index (κ2) is 9.32. The highest BCUT2D eigenvalue weighted by molar-refractivity contribution is 6.05. The number of aliphatic hydroxyl groups is 1. The van der Waals surface area contributed by atoms with Crippen LogP contribution in [0.4, 0.5) is 11.4 Å². The van der Waals surface area contributed by atoms with Gasteiger partial charge in [-0.05, 0) is 48.4 Å². The zero-order valence-electron chi connectivity index (χ0n) is 17.3. The van der Waals surface area contributed by atoms with E-state index < -0.39 is 0 Å². The number of aryl methyl sites for hydroxylation is 1. The van der Waals surface area contributed by atoms with Gasteiger partial charge in [0, 0.05) is 37.5 Å². The molecule has 4 N–H and O–H groups in total. The van der Waals surface area contributed by atoms with Crippen molar-refractivity contribution >= 4 is 40.3 Å². The van der Waals surface area contributed by atoms with Crippen molar-refractivity contribution in [1.82, 2.24) is 14.8 Å². The molecule has 31 heavy (non-hydrogen) atoms. The monoisotopic (exact) mass is 415 g/mol. The maximum absolute atomic E-state index is 12.8. The minimum Gasteiger partial charge on any atom is -0.396 e. The van der Waals surface area contributed by atoms with Gasteiger partial charge < -0.3 is 20.3 Å². The number of anilines is 2. The first-order valence-corrected chi connectivity index (χ1v) is 10.2. The Kier molecular flexibility index (Phi) is 6.14. The van der Waals surface area contributed by atoms with E-state index in [1.165, 1.54) is 0 Å². The summed E-state index contributed by atoms with van der Waals surface area (Å²) in [4.78, 5) is 12.8. The van der Waals surface area contributed by atoms with Crippen LogP contribution in [-0.4, -0.2) is 38.9 Å². The minimum atomic E-state index is -0.181. The fourth-order valence-corrected chi connectivity index (χ4v) is 3.40. The van der Waals surface area contributed by atoms with Crippen molar-refractivity contribution in [2.24, 2.45) is 7.05 Å². The van der Waals surface area contributed by atoms with Crippen LogP contribution in [0.3, 0.4) is 0 Å². The summed E-state index contributed by atoms with van der Waals surface area (Å²) >= 11 is 0. The number of fused-ring (bicyclic) bond motifs is 1. The van der Waals surface area contributed by atoms with Crippen LogP contribution in [0, 0.1) is 0 Å². The highest BCUT2D eigenvalue weighted by atomic mass is 16.3. The summed E-state index contributed by atoms with van der Waals surface area (Å²) in [5.74, 6) is -0.181. The third-order valence-electron chi connectivity index (χ3n) is 5.06. The zero-order chi connectivity index (χ0) is 21.6. The number of nitrogens with one attached hydrogen (secondary N) is 3. The quantitative estimate of drug-likeness (QED) is 0.326. The molecule has 0 saturated carbocycles. The number of aliphatic hydroxyl groups excluding tert-OH is 1. The molecule has 0 aliphatic heterocycles. The van der Waals surface area contributed by atoms with Gasteiger partial charge in [-0.25, -0.2) is 0 Å². The number of aromatic amines is 1. The van der Waals surface area contributed by atoms with Gasteiger partial charge in [0.25, 0.3) is 5.91 Å². The molecule has 0 unspecified atom stereocenters. The summed E-state index contributed by atoms with van der Waals surface area (Å²) in [7, 11) is 1.84. The number of rotatable bonds is 8. The Morgan fingerprint density at radius 3 is 2.84 bits per heavy atom.